The van der Waals surface area contributed by atoms with Crippen molar-refractivity contribution >= 4 is 0 Å². The van der Waals surface area contributed by atoms with Gasteiger partial charge in [-0.1, -0.05) is 63.7 Å². The molecule has 1 unspecified atom stereocenters. The highest BCUT2D eigenvalue weighted by molar-refractivity contribution is 4.84. The maximum Gasteiger partial charge on any atom is 0.0718 e. The van der Waals surface area contributed by atoms with Gasteiger partial charge in [-0.2, -0.15) is 0 Å². The molecule has 0 aromatic rings. The van der Waals surface area contributed by atoms with Gasteiger partial charge in [0.2, 0.25) is 0 Å². The van der Waals surface area contributed by atoms with Crippen molar-refractivity contribution in [2.24, 2.45) is 0 Å². The van der Waals surface area contributed by atoms with Crippen LogP contribution in [0.3, 0.4) is 0 Å². The summed E-state index contributed by atoms with van der Waals surface area (Å²) in [4.78, 5) is 0. The minimum Gasteiger partial charge on any atom is -0.393 e. The number of unbranched alkanes of at least 4 members (excludes halogenated alkanes) is 6. The third-order valence-corrected chi connectivity index (χ3v) is 3.61. The largest absolute Gasteiger partial charge is 0.393 e. The summed E-state index contributed by atoms with van der Waals surface area (Å²) in [7, 11) is 0. The zero-order valence-electron chi connectivity index (χ0n) is 13.3. The second kappa shape index (κ2) is 14.8. The molecule has 0 saturated heterocycles. The standard InChI is InChI=1S/C18H34O2/c1-3-5-6-11-15-18(20)16-13-10-8-7-9-12-14-17(19)4-2/h4,10,13,17-20H,2-3,5-9,11-12,14-16H2,1H3/b13-10-/t17-,18?/m1/s1. The highest BCUT2D eigenvalue weighted by Gasteiger charge is 2.00. The van der Waals surface area contributed by atoms with E-state index in [9.17, 15) is 10.2 Å². The van der Waals surface area contributed by atoms with Gasteiger partial charge < -0.3 is 10.2 Å². The predicted molar refractivity (Wildman–Crippen MR) is 87.8 cm³/mol. The normalized spacial score (nSPS) is 14.6. The number of allylic oxidation sites excluding steroid dienone is 1. The van der Waals surface area contributed by atoms with Crippen molar-refractivity contribution in [1.29, 1.82) is 0 Å². The Kier molecular flexibility index (Phi) is 14.4. The average Bonchev–Trinajstić information content (AvgIpc) is 2.46. The first-order valence-corrected chi connectivity index (χ1v) is 8.34. The summed E-state index contributed by atoms with van der Waals surface area (Å²) in [5.74, 6) is 0. The SMILES string of the molecule is C=C[C@@H](O)CCCCC/C=C\CC(O)CCCCCC. The molecule has 2 heteroatoms. The van der Waals surface area contributed by atoms with Crippen LogP contribution in [0.15, 0.2) is 24.8 Å². The van der Waals surface area contributed by atoms with E-state index in [0.717, 1.165) is 51.4 Å². The Morgan fingerprint density at radius 3 is 2.30 bits per heavy atom. The quantitative estimate of drug-likeness (QED) is 0.356. The average molecular weight is 282 g/mol. The molecule has 0 aliphatic rings. The van der Waals surface area contributed by atoms with Crippen molar-refractivity contribution < 1.29 is 10.2 Å². The van der Waals surface area contributed by atoms with E-state index in [1.165, 1.54) is 19.3 Å². The first-order valence-electron chi connectivity index (χ1n) is 8.34. The van der Waals surface area contributed by atoms with Crippen molar-refractivity contribution in [1.82, 2.24) is 0 Å². The number of aliphatic hydroxyl groups excluding tert-OH is 2. The minimum absolute atomic E-state index is 0.161. The molecule has 20 heavy (non-hydrogen) atoms. The van der Waals surface area contributed by atoms with E-state index in [4.69, 9.17) is 0 Å². The van der Waals surface area contributed by atoms with E-state index in [1.54, 1.807) is 6.08 Å². The van der Waals surface area contributed by atoms with Gasteiger partial charge in [-0.15, -0.1) is 6.58 Å². The summed E-state index contributed by atoms with van der Waals surface area (Å²) in [5.41, 5.74) is 0. The Labute approximate surface area is 125 Å². The molecule has 0 aliphatic carbocycles. The van der Waals surface area contributed by atoms with Crippen LogP contribution in [0, 0.1) is 0 Å². The van der Waals surface area contributed by atoms with E-state index in [1.807, 2.05) is 0 Å². The van der Waals surface area contributed by atoms with E-state index in [2.05, 4.69) is 25.7 Å². The first kappa shape index (κ1) is 19.4. The molecule has 2 N–H and O–H groups in total. The summed E-state index contributed by atoms with van der Waals surface area (Å²) < 4.78 is 0. The Balaban J connectivity index is 3.31. The summed E-state index contributed by atoms with van der Waals surface area (Å²) in [6.07, 6.45) is 17.3. The number of hydrogen-bond donors (Lipinski definition) is 2. The Morgan fingerprint density at radius 2 is 1.60 bits per heavy atom. The second-order valence-electron chi connectivity index (χ2n) is 5.65. The minimum atomic E-state index is -0.339. The van der Waals surface area contributed by atoms with Gasteiger partial charge in [0.15, 0.2) is 0 Å². The molecule has 0 rings (SSSR count). The zero-order valence-corrected chi connectivity index (χ0v) is 13.3. The summed E-state index contributed by atoms with van der Waals surface area (Å²) in [6.45, 7) is 5.77. The van der Waals surface area contributed by atoms with Gasteiger partial charge in [0, 0.05) is 0 Å². The molecule has 2 nitrogen and oxygen atoms in total. The van der Waals surface area contributed by atoms with Crippen molar-refractivity contribution in [2.45, 2.75) is 89.8 Å². The molecule has 0 aromatic heterocycles. The highest BCUT2D eigenvalue weighted by atomic mass is 16.3. The molecule has 0 aromatic carbocycles. The third kappa shape index (κ3) is 13.8. The molecule has 0 bridgehead atoms. The van der Waals surface area contributed by atoms with E-state index < -0.39 is 0 Å². The second-order valence-corrected chi connectivity index (χ2v) is 5.65. The lowest BCUT2D eigenvalue weighted by Crippen LogP contribution is -2.04. The molecular weight excluding hydrogens is 248 g/mol. The van der Waals surface area contributed by atoms with Gasteiger partial charge in [-0.25, -0.2) is 0 Å². The Bertz CT molecular complexity index is 236. The molecule has 0 spiro atoms. The molecule has 0 radical (unpaired) electrons. The molecule has 0 heterocycles. The van der Waals surface area contributed by atoms with Gasteiger partial charge in [0.25, 0.3) is 0 Å². The van der Waals surface area contributed by atoms with Crippen molar-refractivity contribution in [3.63, 3.8) is 0 Å². The number of rotatable bonds is 14. The smallest absolute Gasteiger partial charge is 0.0718 e. The topological polar surface area (TPSA) is 40.5 Å². The van der Waals surface area contributed by atoms with Crippen LogP contribution in [0.25, 0.3) is 0 Å². The molecule has 0 aliphatic heterocycles. The fraction of sp³-hybridized carbons (Fsp3) is 0.778. The third-order valence-electron chi connectivity index (χ3n) is 3.61. The summed E-state index contributed by atoms with van der Waals surface area (Å²) in [6, 6.07) is 0. The number of hydrogen-bond acceptors (Lipinski definition) is 2. The van der Waals surface area contributed by atoms with Crippen LogP contribution in [0.5, 0.6) is 0 Å². The predicted octanol–water partition coefficient (Wildman–Crippen LogP) is 4.76. The molecule has 118 valence electrons. The molecule has 0 amide bonds. The van der Waals surface area contributed by atoms with Gasteiger partial charge >= 0.3 is 0 Å². The summed E-state index contributed by atoms with van der Waals surface area (Å²) >= 11 is 0. The van der Waals surface area contributed by atoms with Gasteiger partial charge in [-0.3, -0.25) is 0 Å². The zero-order chi connectivity index (χ0) is 15.1. The van der Waals surface area contributed by atoms with Crippen LogP contribution in [0.4, 0.5) is 0 Å². The molecular formula is C18H34O2. The molecule has 0 saturated carbocycles. The van der Waals surface area contributed by atoms with Crippen LogP contribution in [-0.4, -0.2) is 22.4 Å². The molecule has 0 fully saturated rings. The Hall–Kier alpha value is -0.600. The lowest BCUT2D eigenvalue weighted by Gasteiger charge is -2.07. The van der Waals surface area contributed by atoms with Gasteiger partial charge in [0.1, 0.15) is 0 Å². The van der Waals surface area contributed by atoms with Crippen LogP contribution in [-0.2, 0) is 0 Å². The lowest BCUT2D eigenvalue weighted by atomic mass is 10.1. The fourth-order valence-electron chi connectivity index (χ4n) is 2.21. The monoisotopic (exact) mass is 282 g/mol. The summed E-state index contributed by atoms with van der Waals surface area (Å²) in [5, 5.41) is 19.1. The number of aliphatic hydroxyl groups is 2. The van der Waals surface area contributed by atoms with Crippen molar-refractivity contribution in [3.8, 4) is 0 Å². The van der Waals surface area contributed by atoms with Crippen molar-refractivity contribution in [3.05, 3.63) is 24.8 Å². The van der Waals surface area contributed by atoms with Crippen LogP contribution < -0.4 is 0 Å². The van der Waals surface area contributed by atoms with Crippen LogP contribution >= 0.6 is 0 Å². The van der Waals surface area contributed by atoms with Crippen molar-refractivity contribution in [2.75, 3.05) is 0 Å². The maximum absolute atomic E-state index is 9.79. The first-order chi connectivity index (χ1) is 9.70. The van der Waals surface area contributed by atoms with Crippen LogP contribution in [0.1, 0.15) is 77.6 Å². The highest BCUT2D eigenvalue weighted by Crippen LogP contribution is 2.10. The van der Waals surface area contributed by atoms with Crippen LogP contribution in [0.2, 0.25) is 0 Å². The fourth-order valence-corrected chi connectivity index (χ4v) is 2.21. The maximum atomic E-state index is 9.79. The van der Waals surface area contributed by atoms with Gasteiger partial charge in [0.05, 0.1) is 12.2 Å². The Morgan fingerprint density at radius 1 is 0.900 bits per heavy atom. The van der Waals surface area contributed by atoms with Gasteiger partial charge in [-0.05, 0) is 32.1 Å². The van der Waals surface area contributed by atoms with E-state index in [0.29, 0.717) is 0 Å². The van der Waals surface area contributed by atoms with E-state index in [-0.39, 0.29) is 12.2 Å². The van der Waals surface area contributed by atoms with E-state index >= 15 is 0 Å². The molecule has 2 atom stereocenters. The lowest BCUT2D eigenvalue weighted by molar-refractivity contribution is 0.163.